The standard InChI is InChI=1S/C19H22N4O2/c1-3-14-12-17(22-13(2)21-14)20-10-6-7-11-23-18(24)15-8-4-5-9-16(15)19(23)25/h4-5,8-9,12H,3,6-7,10-11H2,1-2H3,(H,20,21,22). The Hall–Kier alpha value is -2.76. The van der Waals surface area contributed by atoms with Crippen molar-refractivity contribution in [1.29, 1.82) is 0 Å². The van der Waals surface area contributed by atoms with Crippen LogP contribution in [-0.2, 0) is 6.42 Å². The maximum atomic E-state index is 12.3. The van der Waals surface area contributed by atoms with Crippen molar-refractivity contribution >= 4 is 17.6 Å². The van der Waals surface area contributed by atoms with Gasteiger partial charge in [0.2, 0.25) is 0 Å². The van der Waals surface area contributed by atoms with Crippen molar-refractivity contribution in [2.24, 2.45) is 0 Å². The summed E-state index contributed by atoms with van der Waals surface area (Å²) in [5.74, 6) is 1.21. The predicted molar refractivity (Wildman–Crippen MR) is 95.7 cm³/mol. The van der Waals surface area contributed by atoms with Gasteiger partial charge in [0, 0.05) is 24.8 Å². The highest BCUT2D eigenvalue weighted by molar-refractivity contribution is 6.21. The van der Waals surface area contributed by atoms with Crippen molar-refractivity contribution in [3.63, 3.8) is 0 Å². The van der Waals surface area contributed by atoms with E-state index in [-0.39, 0.29) is 11.8 Å². The van der Waals surface area contributed by atoms with E-state index in [9.17, 15) is 9.59 Å². The second kappa shape index (κ2) is 7.42. The van der Waals surface area contributed by atoms with Crippen molar-refractivity contribution < 1.29 is 9.59 Å². The number of hydrogen-bond donors (Lipinski definition) is 1. The van der Waals surface area contributed by atoms with Gasteiger partial charge in [-0.25, -0.2) is 9.97 Å². The maximum Gasteiger partial charge on any atom is 0.261 e. The number of anilines is 1. The van der Waals surface area contributed by atoms with Gasteiger partial charge in [0.05, 0.1) is 11.1 Å². The number of carbonyl (C=O) groups excluding carboxylic acids is 2. The smallest absolute Gasteiger partial charge is 0.261 e. The molecule has 2 amide bonds. The van der Waals surface area contributed by atoms with Gasteiger partial charge in [-0.15, -0.1) is 0 Å². The Balaban J connectivity index is 1.48. The number of benzene rings is 1. The fourth-order valence-electron chi connectivity index (χ4n) is 2.95. The summed E-state index contributed by atoms with van der Waals surface area (Å²) in [4.78, 5) is 34.6. The van der Waals surface area contributed by atoms with Crippen LogP contribution in [-0.4, -0.2) is 39.8 Å². The molecule has 0 bridgehead atoms. The number of amides is 2. The molecule has 0 aliphatic carbocycles. The molecule has 2 heterocycles. The molecule has 0 radical (unpaired) electrons. The largest absolute Gasteiger partial charge is 0.370 e. The molecule has 3 rings (SSSR count). The first-order valence-corrected chi connectivity index (χ1v) is 8.64. The topological polar surface area (TPSA) is 75.2 Å². The van der Waals surface area contributed by atoms with E-state index in [0.29, 0.717) is 17.7 Å². The molecule has 1 aliphatic heterocycles. The van der Waals surface area contributed by atoms with Crippen molar-refractivity contribution in [3.8, 4) is 0 Å². The summed E-state index contributed by atoms with van der Waals surface area (Å²) in [6, 6.07) is 8.94. The van der Waals surface area contributed by atoms with Gasteiger partial charge in [-0.2, -0.15) is 0 Å². The van der Waals surface area contributed by atoms with Crippen LogP contribution < -0.4 is 5.32 Å². The fraction of sp³-hybridized carbons (Fsp3) is 0.368. The monoisotopic (exact) mass is 338 g/mol. The van der Waals surface area contributed by atoms with E-state index in [0.717, 1.165) is 43.1 Å². The van der Waals surface area contributed by atoms with Crippen molar-refractivity contribution in [2.45, 2.75) is 33.1 Å². The molecule has 2 aromatic rings. The predicted octanol–water partition coefficient (Wildman–Crippen LogP) is 2.84. The van der Waals surface area contributed by atoms with E-state index >= 15 is 0 Å². The summed E-state index contributed by atoms with van der Waals surface area (Å²) in [7, 11) is 0. The summed E-state index contributed by atoms with van der Waals surface area (Å²) in [5.41, 5.74) is 2.03. The second-order valence-corrected chi connectivity index (χ2v) is 6.09. The highest BCUT2D eigenvalue weighted by Crippen LogP contribution is 2.22. The molecule has 0 spiro atoms. The molecule has 6 heteroatoms. The highest BCUT2D eigenvalue weighted by Gasteiger charge is 2.34. The van der Waals surface area contributed by atoms with Crippen molar-refractivity contribution in [2.75, 3.05) is 18.4 Å². The Morgan fingerprint density at radius 2 is 1.72 bits per heavy atom. The molecule has 1 aromatic carbocycles. The van der Waals surface area contributed by atoms with Gasteiger partial charge in [-0.05, 0) is 38.3 Å². The number of hydrogen-bond acceptors (Lipinski definition) is 5. The summed E-state index contributed by atoms with van der Waals surface area (Å²) in [6.45, 7) is 5.13. The van der Waals surface area contributed by atoms with Gasteiger partial charge in [0.25, 0.3) is 11.8 Å². The van der Waals surface area contributed by atoms with E-state index in [1.807, 2.05) is 13.0 Å². The lowest BCUT2D eigenvalue weighted by molar-refractivity contribution is 0.0652. The third-order valence-electron chi connectivity index (χ3n) is 4.25. The number of nitrogens with zero attached hydrogens (tertiary/aromatic N) is 3. The van der Waals surface area contributed by atoms with Crippen LogP contribution in [0.5, 0.6) is 0 Å². The number of carbonyl (C=O) groups is 2. The molecule has 0 unspecified atom stereocenters. The third kappa shape index (κ3) is 3.68. The SMILES string of the molecule is CCc1cc(NCCCCN2C(=O)c3ccccc3C2=O)nc(C)n1. The lowest BCUT2D eigenvalue weighted by atomic mass is 10.1. The van der Waals surface area contributed by atoms with Crippen molar-refractivity contribution in [3.05, 3.63) is 53.0 Å². The van der Waals surface area contributed by atoms with E-state index in [4.69, 9.17) is 0 Å². The van der Waals surface area contributed by atoms with Crippen LogP contribution in [0, 0.1) is 6.92 Å². The second-order valence-electron chi connectivity index (χ2n) is 6.09. The lowest BCUT2D eigenvalue weighted by Gasteiger charge is -2.14. The third-order valence-corrected chi connectivity index (χ3v) is 4.25. The summed E-state index contributed by atoms with van der Waals surface area (Å²) in [6.07, 6.45) is 2.47. The molecule has 1 aliphatic rings. The molecular weight excluding hydrogens is 316 g/mol. The highest BCUT2D eigenvalue weighted by atomic mass is 16.2. The molecule has 130 valence electrons. The summed E-state index contributed by atoms with van der Waals surface area (Å²) >= 11 is 0. The first kappa shape index (κ1) is 17.1. The zero-order valence-corrected chi connectivity index (χ0v) is 14.6. The number of imide groups is 1. The van der Waals surface area contributed by atoms with Crippen LogP contribution in [0.2, 0.25) is 0 Å². The number of rotatable bonds is 7. The molecule has 0 atom stereocenters. The Kier molecular flexibility index (Phi) is 5.07. The van der Waals surface area contributed by atoms with Crippen LogP contribution in [0.3, 0.4) is 0 Å². The average Bonchev–Trinajstić information content (AvgIpc) is 2.86. The minimum Gasteiger partial charge on any atom is -0.370 e. The minimum atomic E-state index is -0.187. The number of nitrogens with one attached hydrogen (secondary N) is 1. The van der Waals surface area contributed by atoms with Crippen LogP contribution >= 0.6 is 0 Å². The zero-order valence-electron chi connectivity index (χ0n) is 14.6. The lowest BCUT2D eigenvalue weighted by Crippen LogP contribution is -2.30. The molecule has 0 saturated heterocycles. The van der Waals surface area contributed by atoms with Crippen LogP contribution in [0.1, 0.15) is 52.0 Å². The van der Waals surface area contributed by atoms with E-state index in [1.54, 1.807) is 24.3 Å². The van der Waals surface area contributed by atoms with E-state index < -0.39 is 0 Å². The van der Waals surface area contributed by atoms with Crippen molar-refractivity contribution in [1.82, 2.24) is 14.9 Å². The van der Waals surface area contributed by atoms with Gasteiger partial charge in [0.1, 0.15) is 11.6 Å². The molecule has 6 nitrogen and oxygen atoms in total. The molecule has 0 fully saturated rings. The van der Waals surface area contributed by atoms with Crippen LogP contribution in [0.25, 0.3) is 0 Å². The van der Waals surface area contributed by atoms with Gasteiger partial charge < -0.3 is 5.32 Å². The molecule has 1 N–H and O–H groups in total. The number of unbranched alkanes of at least 4 members (excludes halogenated alkanes) is 1. The minimum absolute atomic E-state index is 0.187. The Morgan fingerprint density at radius 1 is 1.04 bits per heavy atom. The number of fused-ring (bicyclic) bond motifs is 1. The molecule has 1 aromatic heterocycles. The number of aryl methyl sites for hydroxylation is 2. The van der Waals surface area contributed by atoms with Crippen LogP contribution in [0.4, 0.5) is 5.82 Å². The Morgan fingerprint density at radius 3 is 2.36 bits per heavy atom. The van der Waals surface area contributed by atoms with Crippen LogP contribution in [0.15, 0.2) is 30.3 Å². The van der Waals surface area contributed by atoms with Gasteiger partial charge in [-0.1, -0.05) is 19.1 Å². The Bertz CT molecular complexity index is 769. The summed E-state index contributed by atoms with van der Waals surface area (Å²) in [5, 5.41) is 3.29. The molecule has 0 saturated carbocycles. The molecular formula is C19H22N4O2. The zero-order chi connectivity index (χ0) is 17.8. The first-order valence-electron chi connectivity index (χ1n) is 8.64. The maximum absolute atomic E-state index is 12.3. The molecule has 25 heavy (non-hydrogen) atoms. The van der Waals surface area contributed by atoms with Gasteiger partial charge in [-0.3, -0.25) is 14.5 Å². The van der Waals surface area contributed by atoms with Gasteiger partial charge >= 0.3 is 0 Å². The first-order chi connectivity index (χ1) is 12.1. The Labute approximate surface area is 147 Å². The quantitative estimate of drug-likeness (QED) is 0.621. The van der Waals surface area contributed by atoms with E-state index in [1.165, 1.54) is 4.90 Å². The fourth-order valence-corrected chi connectivity index (χ4v) is 2.95. The van der Waals surface area contributed by atoms with Gasteiger partial charge in [0.15, 0.2) is 0 Å². The normalized spacial score (nSPS) is 13.3. The number of aromatic nitrogens is 2. The summed E-state index contributed by atoms with van der Waals surface area (Å²) < 4.78 is 0. The van der Waals surface area contributed by atoms with E-state index in [2.05, 4.69) is 22.2 Å². The average molecular weight is 338 g/mol.